The van der Waals surface area contributed by atoms with E-state index >= 15 is 0 Å². The summed E-state index contributed by atoms with van der Waals surface area (Å²) >= 11 is 0. The van der Waals surface area contributed by atoms with Gasteiger partial charge in [-0.25, -0.2) is 0 Å². The zero-order valence-corrected chi connectivity index (χ0v) is 25.0. The molecule has 1 aromatic carbocycles. The van der Waals surface area contributed by atoms with E-state index in [9.17, 15) is 5.26 Å². The molecule has 3 aromatic rings. The number of terminal acetylenes is 1. The molecule has 0 bridgehead atoms. The van der Waals surface area contributed by atoms with Crippen LogP contribution < -0.4 is 21.6 Å². The molecule has 5 heterocycles. The number of furan rings is 1. The highest BCUT2D eigenvalue weighted by molar-refractivity contribution is 5.99. The van der Waals surface area contributed by atoms with Crippen LogP contribution in [0, 0.1) is 29.1 Å². The van der Waals surface area contributed by atoms with E-state index < -0.39 is 0 Å². The average Bonchev–Trinajstić information content (AvgIpc) is 3.55. The first kappa shape index (κ1) is 27.6. The Morgan fingerprint density at radius 3 is 2.74 bits per heavy atom. The highest BCUT2D eigenvalue weighted by atomic mass is 16.5. The first-order valence-corrected chi connectivity index (χ1v) is 15.1. The fourth-order valence-electron chi connectivity index (χ4n) is 6.02. The summed E-state index contributed by atoms with van der Waals surface area (Å²) in [5.74, 6) is 3.79. The van der Waals surface area contributed by atoms with Crippen LogP contribution in [0.25, 0.3) is 10.9 Å². The summed E-state index contributed by atoms with van der Waals surface area (Å²) in [6.45, 7) is 10.6. The van der Waals surface area contributed by atoms with Gasteiger partial charge in [-0.1, -0.05) is 26.7 Å². The Morgan fingerprint density at radius 2 is 2.05 bits per heavy atom. The van der Waals surface area contributed by atoms with Gasteiger partial charge >= 0.3 is 0 Å². The van der Waals surface area contributed by atoms with Gasteiger partial charge < -0.3 is 25.2 Å². The van der Waals surface area contributed by atoms with Gasteiger partial charge in [0.25, 0.3) is 0 Å². The summed E-state index contributed by atoms with van der Waals surface area (Å²) in [5, 5.41) is 20.5. The summed E-state index contributed by atoms with van der Waals surface area (Å²) in [4.78, 5) is 7.05. The molecule has 0 radical (unpaired) electrons. The van der Waals surface area contributed by atoms with Gasteiger partial charge in [0.05, 0.1) is 66.1 Å². The fourth-order valence-corrected chi connectivity index (χ4v) is 6.02. The van der Waals surface area contributed by atoms with Crippen molar-refractivity contribution in [2.24, 2.45) is 5.41 Å². The summed E-state index contributed by atoms with van der Waals surface area (Å²) < 4.78 is 11.7. The maximum Gasteiger partial charge on any atom is 0.121 e. The number of hydrazine groups is 2. The van der Waals surface area contributed by atoms with Crippen molar-refractivity contribution in [1.82, 2.24) is 25.9 Å². The predicted octanol–water partition coefficient (Wildman–Crippen LogP) is 4.38. The first-order chi connectivity index (χ1) is 20.8. The molecule has 0 spiro atoms. The van der Waals surface area contributed by atoms with Gasteiger partial charge in [0.1, 0.15) is 11.8 Å². The van der Waals surface area contributed by atoms with Gasteiger partial charge in [-0.15, -0.1) is 12.0 Å². The van der Waals surface area contributed by atoms with Gasteiger partial charge in [0.15, 0.2) is 0 Å². The van der Waals surface area contributed by atoms with Crippen molar-refractivity contribution < 1.29 is 9.15 Å². The molecule has 222 valence electrons. The smallest absolute Gasteiger partial charge is 0.121 e. The molecule has 1 aliphatic carbocycles. The number of nitrogens with one attached hydrogen (secondary N) is 4. The van der Waals surface area contributed by atoms with E-state index in [4.69, 9.17) is 15.6 Å². The van der Waals surface area contributed by atoms with Crippen LogP contribution in [0.1, 0.15) is 67.7 Å². The van der Waals surface area contributed by atoms with Crippen LogP contribution in [0.3, 0.4) is 0 Å². The third kappa shape index (κ3) is 5.38. The molecule has 3 aliphatic heterocycles. The highest BCUT2D eigenvalue weighted by Gasteiger charge is 2.36. The zero-order valence-electron chi connectivity index (χ0n) is 25.0. The molecule has 43 heavy (non-hydrogen) atoms. The third-order valence-corrected chi connectivity index (χ3v) is 8.67. The lowest BCUT2D eigenvalue weighted by Crippen LogP contribution is -2.50. The van der Waals surface area contributed by atoms with Crippen molar-refractivity contribution >= 4 is 22.3 Å². The van der Waals surface area contributed by atoms with Gasteiger partial charge in [0.2, 0.25) is 0 Å². The number of hydrogen-bond donors (Lipinski definition) is 4. The summed E-state index contributed by atoms with van der Waals surface area (Å²) in [5.41, 5.74) is 13.5. The Morgan fingerprint density at radius 1 is 1.21 bits per heavy atom. The zero-order chi connectivity index (χ0) is 29.7. The lowest BCUT2D eigenvalue weighted by atomic mass is 9.95. The van der Waals surface area contributed by atoms with Crippen molar-refractivity contribution in [2.75, 3.05) is 36.9 Å². The van der Waals surface area contributed by atoms with Crippen LogP contribution in [0.4, 0.5) is 11.4 Å². The number of nitriles is 1. The van der Waals surface area contributed by atoms with Gasteiger partial charge in [-0.2, -0.15) is 5.26 Å². The second-order valence-corrected chi connectivity index (χ2v) is 13.2. The normalized spacial score (nSPS) is 19.6. The van der Waals surface area contributed by atoms with E-state index in [1.54, 1.807) is 6.20 Å². The van der Waals surface area contributed by atoms with Crippen molar-refractivity contribution in [3.05, 3.63) is 64.5 Å². The van der Waals surface area contributed by atoms with Crippen molar-refractivity contribution in [3.63, 3.8) is 0 Å². The Balaban J connectivity index is 1.28. The Bertz CT molecular complexity index is 1660. The fraction of sp³-hybridized carbons (Fsp3) is 0.455. The molecule has 2 aromatic heterocycles. The van der Waals surface area contributed by atoms with Gasteiger partial charge in [-0.05, 0) is 36.8 Å². The number of pyridine rings is 1. The van der Waals surface area contributed by atoms with Gasteiger partial charge in [0, 0.05) is 53.7 Å². The number of nitrogens with zero attached hydrogens (tertiary/aromatic N) is 4. The third-order valence-electron chi connectivity index (χ3n) is 8.67. The standard InChI is InChI=1S/C33H38N8O2/c1-5-20-13-35-31-21(12-34)10-22(11-26(31)30(20)36-19-33(2,3)4)37-32(28-14-41(39-38-28)23-6-7-23)27-18-43-29-15-40(9-8-25(27)29)24-16-42-17-24/h1,10-11,13-14,18,23-24,32,37-39H,6-9,15-17,19H2,2-4H3,(H,35,36)/t32-/m0/s1. The molecule has 10 nitrogen and oxygen atoms in total. The number of hydrogen-bond acceptors (Lipinski definition) is 10. The van der Waals surface area contributed by atoms with E-state index in [1.807, 2.05) is 12.3 Å². The number of ether oxygens (including phenoxy) is 1. The molecule has 2 fully saturated rings. The van der Waals surface area contributed by atoms with Gasteiger partial charge in [-0.3, -0.25) is 14.9 Å². The molecule has 1 atom stereocenters. The number of fused-ring (bicyclic) bond motifs is 2. The molecular weight excluding hydrogens is 540 g/mol. The van der Waals surface area contributed by atoms with Crippen molar-refractivity contribution in [3.8, 4) is 18.4 Å². The van der Waals surface area contributed by atoms with Crippen molar-refractivity contribution in [1.29, 1.82) is 5.26 Å². The number of aromatic nitrogens is 1. The topological polar surface area (TPSA) is 114 Å². The van der Waals surface area contributed by atoms with E-state index in [0.29, 0.717) is 35.3 Å². The average molecular weight is 579 g/mol. The van der Waals surface area contributed by atoms with E-state index in [-0.39, 0.29) is 11.5 Å². The molecule has 1 saturated carbocycles. The Hall–Kier alpha value is -4.22. The lowest BCUT2D eigenvalue weighted by molar-refractivity contribution is -0.0714. The summed E-state index contributed by atoms with van der Waals surface area (Å²) in [6.07, 6.45) is 14.9. The molecule has 0 unspecified atom stereocenters. The maximum atomic E-state index is 10.2. The van der Waals surface area contributed by atoms with Crippen LogP contribution in [-0.4, -0.2) is 53.3 Å². The number of benzene rings is 1. The molecular formula is C33H38N8O2. The minimum atomic E-state index is -0.235. The molecule has 4 N–H and O–H groups in total. The second-order valence-electron chi connectivity index (χ2n) is 13.2. The highest BCUT2D eigenvalue weighted by Crippen LogP contribution is 2.38. The Kier molecular flexibility index (Phi) is 6.94. The SMILES string of the molecule is C#Cc1cnc2c(C#N)cc(N[C@H](C3=CN(C4CC4)NN3)c3coc4c3CCN(C3COC3)C4)cc2c1NCC(C)(C)C. The molecule has 4 aliphatic rings. The van der Waals surface area contributed by atoms with Crippen LogP contribution in [0.2, 0.25) is 0 Å². The van der Waals surface area contributed by atoms with E-state index in [0.717, 1.165) is 66.5 Å². The number of rotatable bonds is 8. The Labute approximate surface area is 252 Å². The quantitative estimate of drug-likeness (QED) is 0.287. The van der Waals surface area contributed by atoms with Crippen molar-refractivity contribution in [2.45, 2.75) is 64.7 Å². The summed E-state index contributed by atoms with van der Waals surface area (Å²) in [6, 6.07) is 7.02. The molecule has 1 saturated heterocycles. The van der Waals surface area contributed by atoms with E-state index in [1.165, 1.54) is 18.4 Å². The largest absolute Gasteiger partial charge is 0.467 e. The number of anilines is 2. The van der Waals surface area contributed by atoms with Crippen LogP contribution >= 0.6 is 0 Å². The molecule has 10 heteroatoms. The maximum absolute atomic E-state index is 10.2. The van der Waals surface area contributed by atoms with E-state index in [2.05, 4.69) is 81.5 Å². The van der Waals surface area contributed by atoms with Crippen LogP contribution in [-0.2, 0) is 17.7 Å². The monoisotopic (exact) mass is 578 g/mol. The predicted molar refractivity (Wildman–Crippen MR) is 165 cm³/mol. The molecule has 0 amide bonds. The van der Waals surface area contributed by atoms with Crippen LogP contribution in [0.5, 0.6) is 0 Å². The minimum absolute atomic E-state index is 0.0309. The second kappa shape index (κ2) is 10.8. The minimum Gasteiger partial charge on any atom is -0.467 e. The molecule has 7 rings (SSSR count). The first-order valence-electron chi connectivity index (χ1n) is 15.1. The summed E-state index contributed by atoms with van der Waals surface area (Å²) in [7, 11) is 0. The van der Waals surface area contributed by atoms with Crippen LogP contribution in [0.15, 0.2) is 40.9 Å². The lowest BCUT2D eigenvalue weighted by Gasteiger charge is -2.39.